The van der Waals surface area contributed by atoms with Gasteiger partial charge in [-0.05, 0) is 19.1 Å². The van der Waals surface area contributed by atoms with Crippen molar-refractivity contribution in [2.45, 2.75) is 6.92 Å². The highest BCUT2D eigenvalue weighted by Gasteiger charge is 2.16. The molecule has 1 heterocycles. The zero-order valence-electron chi connectivity index (χ0n) is 11.2. The number of methoxy groups -OCH3 is 2. The van der Waals surface area contributed by atoms with Crippen LogP contribution in [0, 0.1) is 12.7 Å². The molecule has 5 nitrogen and oxygen atoms in total. The topological polar surface area (TPSA) is 60.5 Å². The van der Waals surface area contributed by atoms with E-state index in [-0.39, 0.29) is 5.75 Å². The predicted octanol–water partition coefficient (Wildman–Crippen LogP) is 3.13. The number of aromatic nitrogens is 1. The number of hydrogen-bond donors (Lipinski definition) is 1. The van der Waals surface area contributed by atoms with Gasteiger partial charge in [0.1, 0.15) is 4.88 Å². The lowest BCUT2D eigenvalue weighted by atomic mass is 10.3. The van der Waals surface area contributed by atoms with E-state index in [1.54, 1.807) is 13.0 Å². The van der Waals surface area contributed by atoms with Gasteiger partial charge < -0.3 is 14.8 Å². The number of esters is 1. The summed E-state index contributed by atoms with van der Waals surface area (Å²) in [6.07, 6.45) is 0. The summed E-state index contributed by atoms with van der Waals surface area (Å²) in [6.45, 7) is 1.72. The van der Waals surface area contributed by atoms with Gasteiger partial charge in [-0.2, -0.15) is 0 Å². The zero-order chi connectivity index (χ0) is 14.7. The highest BCUT2D eigenvalue weighted by molar-refractivity contribution is 7.17. The van der Waals surface area contributed by atoms with Gasteiger partial charge in [0.15, 0.2) is 16.7 Å². The molecule has 0 fully saturated rings. The monoisotopic (exact) mass is 296 g/mol. The first-order valence-corrected chi connectivity index (χ1v) is 6.53. The minimum atomic E-state index is -0.441. The number of nitrogens with one attached hydrogen (secondary N) is 1. The molecule has 1 N–H and O–H groups in total. The van der Waals surface area contributed by atoms with Crippen LogP contribution in [0.25, 0.3) is 0 Å². The maximum atomic E-state index is 13.3. The second-order valence-electron chi connectivity index (χ2n) is 3.90. The lowest BCUT2D eigenvalue weighted by Crippen LogP contribution is -1.99. The molecule has 0 aliphatic heterocycles. The fraction of sp³-hybridized carbons (Fsp3) is 0.231. The molecule has 0 aliphatic rings. The first-order valence-electron chi connectivity index (χ1n) is 5.71. The maximum Gasteiger partial charge on any atom is 0.350 e. The lowest BCUT2D eigenvalue weighted by Gasteiger charge is -2.06. The third kappa shape index (κ3) is 2.88. The number of halogens is 1. The second kappa shape index (κ2) is 5.87. The number of carbonyl (C=O) groups excluding carboxylic acids is 1. The van der Waals surface area contributed by atoms with E-state index in [1.807, 2.05) is 0 Å². The van der Waals surface area contributed by atoms with Crippen LogP contribution >= 0.6 is 11.3 Å². The molecule has 20 heavy (non-hydrogen) atoms. The van der Waals surface area contributed by atoms with Crippen LogP contribution in [0.2, 0.25) is 0 Å². The van der Waals surface area contributed by atoms with Gasteiger partial charge in [-0.1, -0.05) is 11.3 Å². The molecule has 1 aromatic heterocycles. The van der Waals surface area contributed by atoms with Crippen molar-refractivity contribution in [3.8, 4) is 5.75 Å². The number of anilines is 2. The fourth-order valence-corrected chi connectivity index (χ4v) is 2.50. The number of rotatable bonds is 4. The van der Waals surface area contributed by atoms with Crippen molar-refractivity contribution in [1.29, 1.82) is 0 Å². The zero-order valence-corrected chi connectivity index (χ0v) is 12.0. The summed E-state index contributed by atoms with van der Waals surface area (Å²) in [5, 5.41) is 3.52. The summed E-state index contributed by atoms with van der Waals surface area (Å²) >= 11 is 1.17. The fourth-order valence-electron chi connectivity index (χ4n) is 1.59. The van der Waals surface area contributed by atoms with E-state index in [1.165, 1.54) is 37.7 Å². The van der Waals surface area contributed by atoms with E-state index in [0.717, 1.165) is 0 Å². The Morgan fingerprint density at radius 1 is 1.40 bits per heavy atom. The summed E-state index contributed by atoms with van der Waals surface area (Å²) in [7, 11) is 2.71. The van der Waals surface area contributed by atoms with Gasteiger partial charge in [0.2, 0.25) is 0 Å². The molecule has 0 unspecified atom stereocenters. The van der Waals surface area contributed by atoms with Crippen LogP contribution in [-0.4, -0.2) is 25.2 Å². The Bertz CT molecular complexity index is 643. The van der Waals surface area contributed by atoms with Gasteiger partial charge in [0.05, 0.1) is 19.9 Å². The number of aryl methyl sites for hydroxylation is 1. The molecule has 106 valence electrons. The molecular weight excluding hydrogens is 283 g/mol. The second-order valence-corrected chi connectivity index (χ2v) is 4.90. The lowest BCUT2D eigenvalue weighted by molar-refractivity contribution is 0.0605. The SMILES string of the molecule is COC(=O)c1sc(Nc2ccc(F)c(OC)c2)nc1C. The van der Waals surface area contributed by atoms with Crippen LogP contribution in [0.5, 0.6) is 5.75 Å². The Labute approximate surface area is 119 Å². The molecule has 0 saturated carbocycles. The van der Waals surface area contributed by atoms with Crippen LogP contribution in [-0.2, 0) is 4.74 Å². The Hall–Kier alpha value is -2.15. The normalized spacial score (nSPS) is 10.2. The average molecular weight is 296 g/mol. The molecule has 0 spiro atoms. The molecule has 7 heteroatoms. The largest absolute Gasteiger partial charge is 0.494 e. The maximum absolute atomic E-state index is 13.3. The van der Waals surface area contributed by atoms with Crippen LogP contribution in [0.1, 0.15) is 15.4 Å². The van der Waals surface area contributed by atoms with E-state index < -0.39 is 11.8 Å². The van der Waals surface area contributed by atoms with Gasteiger partial charge in [0.25, 0.3) is 0 Å². The van der Waals surface area contributed by atoms with Crippen LogP contribution in [0.4, 0.5) is 15.2 Å². The highest BCUT2D eigenvalue weighted by Crippen LogP contribution is 2.28. The van der Waals surface area contributed by atoms with E-state index in [4.69, 9.17) is 4.74 Å². The summed E-state index contributed by atoms with van der Waals surface area (Å²) in [4.78, 5) is 16.2. The minimum Gasteiger partial charge on any atom is -0.494 e. The molecule has 0 amide bonds. The summed E-state index contributed by atoms with van der Waals surface area (Å²) in [5.74, 6) is -0.732. The molecule has 0 saturated heterocycles. The third-order valence-electron chi connectivity index (χ3n) is 2.57. The summed E-state index contributed by atoms with van der Waals surface area (Å²) in [6, 6.07) is 4.37. The number of ether oxygens (including phenoxy) is 2. The number of thiazole rings is 1. The Kier molecular flexibility index (Phi) is 4.19. The van der Waals surface area contributed by atoms with Crippen molar-refractivity contribution in [2.75, 3.05) is 19.5 Å². The molecule has 0 atom stereocenters. The van der Waals surface area contributed by atoms with Crippen LogP contribution in [0.3, 0.4) is 0 Å². The Balaban J connectivity index is 2.24. The van der Waals surface area contributed by atoms with Crippen molar-refractivity contribution < 1.29 is 18.7 Å². The number of benzene rings is 1. The Morgan fingerprint density at radius 2 is 2.15 bits per heavy atom. The smallest absolute Gasteiger partial charge is 0.350 e. The molecular formula is C13H13FN2O3S. The van der Waals surface area contributed by atoms with Crippen LogP contribution in [0.15, 0.2) is 18.2 Å². The minimum absolute atomic E-state index is 0.136. The Morgan fingerprint density at radius 3 is 2.80 bits per heavy atom. The summed E-state index contributed by atoms with van der Waals surface area (Å²) < 4.78 is 22.9. The van der Waals surface area contributed by atoms with Crippen LogP contribution < -0.4 is 10.1 Å². The van der Waals surface area contributed by atoms with Gasteiger partial charge in [-0.25, -0.2) is 14.2 Å². The number of carbonyl (C=O) groups is 1. The van der Waals surface area contributed by atoms with Gasteiger partial charge in [-0.3, -0.25) is 0 Å². The molecule has 0 bridgehead atoms. The van der Waals surface area contributed by atoms with E-state index in [0.29, 0.717) is 21.4 Å². The highest BCUT2D eigenvalue weighted by atomic mass is 32.1. The molecule has 1 aromatic carbocycles. The van der Waals surface area contributed by atoms with Crippen molar-refractivity contribution in [3.05, 3.63) is 34.6 Å². The van der Waals surface area contributed by atoms with Gasteiger partial charge in [-0.15, -0.1) is 0 Å². The number of nitrogens with zero attached hydrogens (tertiary/aromatic N) is 1. The molecule has 2 rings (SSSR count). The first-order chi connectivity index (χ1) is 9.55. The van der Waals surface area contributed by atoms with Crippen molar-refractivity contribution in [1.82, 2.24) is 4.98 Å². The van der Waals surface area contributed by atoms with Crippen molar-refractivity contribution in [3.63, 3.8) is 0 Å². The predicted molar refractivity (Wildman–Crippen MR) is 74.4 cm³/mol. The molecule has 0 aliphatic carbocycles. The average Bonchev–Trinajstić information content (AvgIpc) is 2.80. The third-order valence-corrected chi connectivity index (χ3v) is 3.62. The standard InChI is InChI=1S/C13H13FN2O3S/c1-7-11(12(17)19-3)20-13(15-7)16-8-4-5-9(14)10(6-8)18-2/h4-6H,1-3H3,(H,15,16). The van der Waals surface area contributed by atoms with Gasteiger partial charge >= 0.3 is 5.97 Å². The molecule has 0 radical (unpaired) electrons. The number of hydrogen-bond acceptors (Lipinski definition) is 6. The van der Waals surface area contributed by atoms with E-state index in [9.17, 15) is 9.18 Å². The van der Waals surface area contributed by atoms with Gasteiger partial charge in [0, 0.05) is 11.8 Å². The van der Waals surface area contributed by atoms with E-state index in [2.05, 4.69) is 15.0 Å². The van der Waals surface area contributed by atoms with Crippen molar-refractivity contribution in [2.24, 2.45) is 0 Å². The molecule has 2 aromatic rings. The van der Waals surface area contributed by atoms with E-state index >= 15 is 0 Å². The summed E-state index contributed by atoms with van der Waals surface area (Å²) in [5.41, 5.74) is 1.20. The first kappa shape index (κ1) is 14.3. The van der Waals surface area contributed by atoms with Crippen molar-refractivity contribution >= 4 is 28.1 Å². The quantitative estimate of drug-likeness (QED) is 0.878.